The number of hydrogen-bond acceptors (Lipinski definition) is 8. The topological polar surface area (TPSA) is 106 Å². The normalized spacial score (nSPS) is 17.4. The molecule has 1 fully saturated rings. The second-order valence-corrected chi connectivity index (χ2v) is 8.57. The summed E-state index contributed by atoms with van der Waals surface area (Å²) in [5, 5.41) is 13.7. The number of amides is 1. The van der Waals surface area contributed by atoms with Crippen LogP contribution in [0.3, 0.4) is 0 Å². The number of carbonyl (C=O) groups excluding carboxylic acids is 1. The first kappa shape index (κ1) is 22.4. The Labute approximate surface area is 197 Å². The maximum atomic E-state index is 12.8. The van der Waals surface area contributed by atoms with E-state index in [1.54, 1.807) is 19.2 Å². The quantitative estimate of drug-likeness (QED) is 0.574. The molecule has 1 amide bonds. The molecule has 0 saturated carbocycles. The number of methoxy groups -OCH3 is 1. The van der Waals surface area contributed by atoms with Gasteiger partial charge in [-0.3, -0.25) is 4.79 Å². The highest BCUT2D eigenvalue weighted by Crippen LogP contribution is 2.33. The summed E-state index contributed by atoms with van der Waals surface area (Å²) >= 11 is 0. The molecule has 0 unspecified atom stereocenters. The van der Waals surface area contributed by atoms with Crippen LogP contribution in [0, 0.1) is 5.92 Å². The summed E-state index contributed by atoms with van der Waals surface area (Å²) < 4.78 is 16.3. The summed E-state index contributed by atoms with van der Waals surface area (Å²) in [6, 6.07) is 12.7. The predicted octanol–water partition coefficient (Wildman–Crippen LogP) is 2.79. The molecule has 2 aliphatic rings. The highest BCUT2D eigenvalue weighted by Gasteiger charge is 2.27. The number of aromatic nitrogens is 2. The molecule has 4 heterocycles. The van der Waals surface area contributed by atoms with Gasteiger partial charge in [0, 0.05) is 18.5 Å². The lowest BCUT2D eigenvalue weighted by atomic mass is 9.95. The number of nitrogens with zero attached hydrogens (tertiary/aromatic N) is 3. The Morgan fingerprint density at radius 2 is 1.82 bits per heavy atom. The third kappa shape index (κ3) is 4.90. The van der Waals surface area contributed by atoms with Crippen LogP contribution in [0.5, 0.6) is 17.4 Å². The summed E-state index contributed by atoms with van der Waals surface area (Å²) in [6.07, 6.45) is 0.827. The number of pyridine rings is 2. The Morgan fingerprint density at radius 3 is 2.62 bits per heavy atom. The van der Waals surface area contributed by atoms with Gasteiger partial charge in [-0.1, -0.05) is 6.07 Å². The van der Waals surface area contributed by atoms with Crippen LogP contribution in [0.15, 0.2) is 42.5 Å². The molecule has 2 N–H and O–H groups in total. The number of carbonyl (C=O) groups is 1. The van der Waals surface area contributed by atoms with Crippen molar-refractivity contribution in [3.63, 3.8) is 0 Å². The van der Waals surface area contributed by atoms with Gasteiger partial charge in [0.2, 0.25) is 11.8 Å². The predicted molar refractivity (Wildman–Crippen MR) is 126 cm³/mol. The zero-order chi connectivity index (χ0) is 23.5. The number of aliphatic hydroxyl groups excluding tert-OH is 1. The SMILES string of the molecule is COc1ccc2nc(NC(=O)C3CCN(C[C@H](O)c4ccc5c(c4)OCCO5)CC3)ccc2n1. The molecule has 178 valence electrons. The number of rotatable bonds is 6. The minimum atomic E-state index is -0.629. The van der Waals surface area contributed by atoms with Crippen LogP contribution in [0.25, 0.3) is 11.0 Å². The van der Waals surface area contributed by atoms with E-state index in [9.17, 15) is 9.90 Å². The Morgan fingerprint density at radius 1 is 1.09 bits per heavy atom. The van der Waals surface area contributed by atoms with Gasteiger partial charge in [-0.05, 0) is 61.8 Å². The molecule has 2 aromatic heterocycles. The van der Waals surface area contributed by atoms with Gasteiger partial charge in [-0.2, -0.15) is 0 Å². The van der Waals surface area contributed by atoms with Crippen LogP contribution >= 0.6 is 0 Å². The lowest BCUT2D eigenvalue weighted by Crippen LogP contribution is -2.40. The molecule has 2 aliphatic heterocycles. The van der Waals surface area contributed by atoms with Crippen LogP contribution in [0.1, 0.15) is 24.5 Å². The van der Waals surface area contributed by atoms with E-state index < -0.39 is 6.10 Å². The minimum Gasteiger partial charge on any atom is -0.486 e. The van der Waals surface area contributed by atoms with Crippen LogP contribution in [0.4, 0.5) is 5.82 Å². The Kier molecular flexibility index (Phi) is 6.46. The number of piperidine rings is 1. The summed E-state index contributed by atoms with van der Waals surface area (Å²) in [7, 11) is 1.57. The first-order valence-corrected chi connectivity index (χ1v) is 11.5. The second-order valence-electron chi connectivity index (χ2n) is 8.57. The fourth-order valence-electron chi connectivity index (χ4n) is 4.40. The third-order valence-corrected chi connectivity index (χ3v) is 6.32. The van der Waals surface area contributed by atoms with Crippen LogP contribution in [-0.2, 0) is 4.79 Å². The number of nitrogens with one attached hydrogen (secondary N) is 1. The van der Waals surface area contributed by atoms with Crippen LogP contribution in [-0.4, -0.2) is 65.8 Å². The molecule has 1 atom stereocenters. The van der Waals surface area contributed by atoms with Crippen molar-refractivity contribution < 1.29 is 24.1 Å². The molecule has 9 nitrogen and oxygen atoms in total. The van der Waals surface area contributed by atoms with Gasteiger partial charge < -0.3 is 29.5 Å². The maximum Gasteiger partial charge on any atom is 0.228 e. The fourth-order valence-corrected chi connectivity index (χ4v) is 4.40. The summed E-state index contributed by atoms with van der Waals surface area (Å²) in [5.74, 6) is 2.31. The molecule has 1 aromatic carbocycles. The van der Waals surface area contributed by atoms with Gasteiger partial charge in [-0.25, -0.2) is 9.97 Å². The monoisotopic (exact) mass is 464 g/mol. The van der Waals surface area contributed by atoms with Crippen molar-refractivity contribution in [1.29, 1.82) is 0 Å². The van der Waals surface area contributed by atoms with Crippen molar-refractivity contribution in [1.82, 2.24) is 14.9 Å². The molecule has 3 aromatic rings. The van der Waals surface area contributed by atoms with Crippen molar-refractivity contribution in [3.05, 3.63) is 48.0 Å². The first-order chi connectivity index (χ1) is 16.6. The van der Waals surface area contributed by atoms with E-state index >= 15 is 0 Å². The van der Waals surface area contributed by atoms with E-state index in [1.165, 1.54) is 0 Å². The summed E-state index contributed by atoms with van der Waals surface area (Å²) in [4.78, 5) is 23.8. The van der Waals surface area contributed by atoms with Crippen molar-refractivity contribution >= 4 is 22.8 Å². The molecule has 1 saturated heterocycles. The molecule has 0 radical (unpaired) electrons. The van der Waals surface area contributed by atoms with E-state index in [-0.39, 0.29) is 11.8 Å². The van der Waals surface area contributed by atoms with Gasteiger partial charge in [0.15, 0.2) is 11.5 Å². The molecule has 0 spiro atoms. The largest absolute Gasteiger partial charge is 0.486 e. The number of anilines is 1. The Bertz CT molecular complexity index is 1180. The third-order valence-electron chi connectivity index (χ3n) is 6.32. The fraction of sp³-hybridized carbons (Fsp3) is 0.400. The zero-order valence-corrected chi connectivity index (χ0v) is 19.1. The number of β-amino-alcohol motifs (C(OH)–C–C–N with tert-alkyl or cyclic N) is 1. The number of benzene rings is 1. The molecular weight excluding hydrogens is 436 g/mol. The van der Waals surface area contributed by atoms with Crippen LogP contribution < -0.4 is 19.5 Å². The van der Waals surface area contributed by atoms with Gasteiger partial charge in [0.05, 0.1) is 24.2 Å². The first-order valence-electron chi connectivity index (χ1n) is 11.5. The van der Waals surface area contributed by atoms with Gasteiger partial charge in [0.1, 0.15) is 19.0 Å². The number of aliphatic hydroxyl groups is 1. The highest BCUT2D eigenvalue weighted by molar-refractivity contribution is 5.92. The number of likely N-dealkylation sites (tertiary alicyclic amines) is 1. The Balaban J connectivity index is 1.13. The van der Waals surface area contributed by atoms with Gasteiger partial charge in [0.25, 0.3) is 0 Å². The average Bonchev–Trinajstić information content (AvgIpc) is 2.88. The number of fused-ring (bicyclic) bond motifs is 2. The lowest BCUT2D eigenvalue weighted by Gasteiger charge is -2.32. The molecule has 34 heavy (non-hydrogen) atoms. The van der Waals surface area contributed by atoms with E-state index in [2.05, 4.69) is 20.2 Å². The van der Waals surface area contributed by atoms with Crippen LogP contribution in [0.2, 0.25) is 0 Å². The van der Waals surface area contributed by atoms with Gasteiger partial charge >= 0.3 is 0 Å². The maximum absolute atomic E-state index is 12.8. The minimum absolute atomic E-state index is 0.0274. The summed E-state index contributed by atoms with van der Waals surface area (Å²) in [6.45, 7) is 3.06. The highest BCUT2D eigenvalue weighted by atomic mass is 16.6. The van der Waals surface area contributed by atoms with Crippen molar-refractivity contribution in [2.45, 2.75) is 18.9 Å². The second kappa shape index (κ2) is 9.82. The van der Waals surface area contributed by atoms with E-state index in [1.807, 2.05) is 30.3 Å². The number of hydrogen-bond donors (Lipinski definition) is 2. The number of ether oxygens (including phenoxy) is 3. The molecule has 0 aliphatic carbocycles. The Hall–Kier alpha value is -3.43. The van der Waals surface area contributed by atoms with E-state index in [0.717, 1.165) is 31.5 Å². The summed E-state index contributed by atoms with van der Waals surface area (Å²) in [5.41, 5.74) is 2.21. The lowest BCUT2D eigenvalue weighted by molar-refractivity contribution is -0.121. The van der Waals surface area contributed by atoms with Crippen molar-refractivity contribution in [3.8, 4) is 17.4 Å². The standard InChI is InChI=1S/C25H28N4O5/c1-32-24-7-4-18-19(27-24)3-6-23(26-18)28-25(31)16-8-10-29(11-9-16)15-20(30)17-2-5-21-22(14-17)34-13-12-33-21/h2-7,14,16,20,30H,8-13,15H2,1H3,(H,26,28,31)/t20-/m0/s1. The van der Waals surface area contributed by atoms with Crippen molar-refractivity contribution in [2.24, 2.45) is 5.92 Å². The molecule has 5 rings (SSSR count). The average molecular weight is 465 g/mol. The smallest absolute Gasteiger partial charge is 0.228 e. The molecular formula is C25H28N4O5. The van der Waals surface area contributed by atoms with Crippen molar-refractivity contribution in [2.75, 3.05) is 45.3 Å². The molecule has 0 bridgehead atoms. The van der Waals surface area contributed by atoms with E-state index in [4.69, 9.17) is 14.2 Å². The zero-order valence-electron chi connectivity index (χ0n) is 19.1. The molecule has 9 heteroatoms. The van der Waals surface area contributed by atoms with Gasteiger partial charge in [-0.15, -0.1) is 0 Å². The van der Waals surface area contributed by atoms with E-state index in [0.29, 0.717) is 54.0 Å².